The van der Waals surface area contributed by atoms with E-state index >= 15 is 0 Å². The van der Waals surface area contributed by atoms with Crippen molar-refractivity contribution in [3.63, 3.8) is 0 Å². The Balaban J connectivity index is 4.60. The minimum Gasteiger partial charge on any atom is -0.369 e. The summed E-state index contributed by atoms with van der Waals surface area (Å²) < 4.78 is 0. The zero-order chi connectivity index (χ0) is 35.7. The third-order valence-corrected chi connectivity index (χ3v) is 9.13. The second-order valence-electron chi connectivity index (χ2n) is 13.7. The van der Waals surface area contributed by atoms with Crippen molar-refractivity contribution in [1.29, 1.82) is 0 Å². The average Bonchev–Trinajstić information content (AvgIpc) is 3.06. The molecule has 0 saturated heterocycles. The molecule has 282 valence electrons. The van der Waals surface area contributed by atoms with Crippen LogP contribution in [0, 0.1) is 0 Å². The zero-order valence-corrected chi connectivity index (χ0v) is 31.6. The van der Waals surface area contributed by atoms with Crippen molar-refractivity contribution < 1.29 is 14.4 Å². The molecule has 0 radical (unpaired) electrons. The fourth-order valence-electron chi connectivity index (χ4n) is 6.12. The van der Waals surface area contributed by atoms with Crippen LogP contribution >= 0.6 is 0 Å². The Labute approximate surface area is 295 Å². The standard InChI is InChI=1S/C38H77N7O3/c1-4-6-8-10-12-14-16-18-20-22-24-29-35(46)42-32-27-26-28-34(37(48)44(3)33-31-39)45(43-38(40)41)36(47)30-25-23-21-19-17-15-13-11-9-7-5-2/h34H,4-33,39H2,1-3H3,(H,42,46)(H4,40,41,43)/t34-/m0/s1. The molecule has 0 saturated carbocycles. The lowest BCUT2D eigenvalue weighted by Gasteiger charge is -2.30. The maximum atomic E-state index is 13.4. The Morgan fingerprint density at radius 3 is 1.50 bits per heavy atom. The van der Waals surface area contributed by atoms with Crippen molar-refractivity contribution >= 4 is 23.7 Å². The summed E-state index contributed by atoms with van der Waals surface area (Å²) in [5.74, 6) is -0.667. The number of nitrogens with one attached hydrogen (secondary N) is 1. The molecule has 0 aliphatic carbocycles. The summed E-state index contributed by atoms with van der Waals surface area (Å²) in [6.07, 6.45) is 29.5. The molecule has 10 nitrogen and oxygen atoms in total. The first-order valence-corrected chi connectivity index (χ1v) is 19.9. The van der Waals surface area contributed by atoms with E-state index in [1.54, 1.807) is 7.05 Å². The first kappa shape index (κ1) is 45.6. The van der Waals surface area contributed by atoms with Crippen molar-refractivity contribution in [2.75, 3.05) is 26.7 Å². The van der Waals surface area contributed by atoms with Gasteiger partial charge in [-0.3, -0.25) is 14.4 Å². The highest BCUT2D eigenvalue weighted by molar-refractivity contribution is 5.88. The quantitative estimate of drug-likeness (QED) is 0.0239. The Morgan fingerprint density at radius 1 is 0.625 bits per heavy atom. The minimum absolute atomic E-state index is 0.0745. The SMILES string of the molecule is CCCCCCCCCCCCCC(=O)NCCCC[C@@H](C(=O)N(C)CCN)N(N=C(N)N)C(=O)CCCCCCCCCCCCC. The van der Waals surface area contributed by atoms with Crippen LogP contribution in [0.25, 0.3) is 0 Å². The van der Waals surface area contributed by atoms with Gasteiger partial charge < -0.3 is 27.4 Å². The molecule has 3 amide bonds. The summed E-state index contributed by atoms with van der Waals surface area (Å²) in [5, 5.41) is 8.34. The predicted molar refractivity (Wildman–Crippen MR) is 202 cm³/mol. The minimum atomic E-state index is -0.823. The number of carbonyl (C=O) groups is 3. The van der Waals surface area contributed by atoms with E-state index < -0.39 is 6.04 Å². The lowest BCUT2D eigenvalue weighted by atomic mass is 10.0. The number of hydrogen-bond acceptors (Lipinski definition) is 5. The number of carbonyl (C=O) groups excluding carboxylic acids is 3. The summed E-state index contributed by atoms with van der Waals surface area (Å²) >= 11 is 0. The Hall–Kier alpha value is -2.36. The number of amides is 3. The molecule has 0 rings (SSSR count). The van der Waals surface area contributed by atoms with Crippen LogP contribution in [0.15, 0.2) is 5.10 Å². The number of guanidine groups is 1. The lowest BCUT2D eigenvalue weighted by Crippen LogP contribution is -2.50. The van der Waals surface area contributed by atoms with Gasteiger partial charge in [0.15, 0.2) is 0 Å². The number of likely N-dealkylation sites (N-methyl/N-ethyl adjacent to an activating group) is 1. The van der Waals surface area contributed by atoms with Gasteiger partial charge in [-0.1, -0.05) is 142 Å². The normalized spacial score (nSPS) is 11.7. The van der Waals surface area contributed by atoms with E-state index in [-0.39, 0.29) is 30.1 Å². The van der Waals surface area contributed by atoms with E-state index in [0.717, 1.165) is 32.1 Å². The van der Waals surface area contributed by atoms with Crippen LogP contribution in [0.4, 0.5) is 0 Å². The van der Waals surface area contributed by atoms with Gasteiger partial charge in [0.25, 0.3) is 0 Å². The van der Waals surface area contributed by atoms with Crippen LogP contribution in [0.2, 0.25) is 0 Å². The van der Waals surface area contributed by atoms with Gasteiger partial charge in [0.1, 0.15) is 6.04 Å². The van der Waals surface area contributed by atoms with Gasteiger partial charge >= 0.3 is 0 Å². The monoisotopic (exact) mass is 680 g/mol. The van der Waals surface area contributed by atoms with Crippen LogP contribution in [-0.4, -0.2) is 66.3 Å². The third kappa shape index (κ3) is 26.6. The highest BCUT2D eigenvalue weighted by Crippen LogP contribution is 2.17. The van der Waals surface area contributed by atoms with E-state index in [2.05, 4.69) is 24.3 Å². The van der Waals surface area contributed by atoms with Crippen LogP contribution in [0.3, 0.4) is 0 Å². The van der Waals surface area contributed by atoms with Crippen molar-refractivity contribution in [3.05, 3.63) is 0 Å². The van der Waals surface area contributed by atoms with Crippen LogP contribution in [0.5, 0.6) is 0 Å². The maximum Gasteiger partial charge on any atom is 0.247 e. The highest BCUT2D eigenvalue weighted by Gasteiger charge is 2.31. The third-order valence-electron chi connectivity index (χ3n) is 9.13. The van der Waals surface area contributed by atoms with E-state index in [0.29, 0.717) is 45.3 Å². The van der Waals surface area contributed by atoms with Crippen LogP contribution in [-0.2, 0) is 14.4 Å². The smallest absolute Gasteiger partial charge is 0.247 e. The molecule has 10 heteroatoms. The molecule has 1 atom stereocenters. The van der Waals surface area contributed by atoms with Crippen LogP contribution < -0.4 is 22.5 Å². The number of nitrogens with zero attached hydrogens (tertiary/aromatic N) is 3. The first-order valence-electron chi connectivity index (χ1n) is 19.9. The van der Waals surface area contributed by atoms with E-state index in [9.17, 15) is 14.4 Å². The van der Waals surface area contributed by atoms with E-state index in [4.69, 9.17) is 17.2 Å². The highest BCUT2D eigenvalue weighted by atomic mass is 16.2. The summed E-state index contributed by atoms with van der Waals surface area (Å²) in [7, 11) is 1.68. The second kappa shape index (κ2) is 33.2. The van der Waals surface area contributed by atoms with Gasteiger partial charge in [0, 0.05) is 39.5 Å². The van der Waals surface area contributed by atoms with Gasteiger partial charge in [-0.15, -0.1) is 5.10 Å². The molecule has 0 fully saturated rings. The van der Waals surface area contributed by atoms with Crippen LogP contribution in [0.1, 0.15) is 187 Å². The average molecular weight is 680 g/mol. The number of unbranched alkanes of at least 4 members (excludes halogenated alkanes) is 21. The number of hydrogen-bond donors (Lipinski definition) is 4. The molecule has 0 bridgehead atoms. The Morgan fingerprint density at radius 2 is 1.06 bits per heavy atom. The Bertz CT molecular complexity index is 820. The van der Waals surface area contributed by atoms with Gasteiger partial charge in [0.05, 0.1) is 0 Å². The molecule has 0 heterocycles. The molecule has 0 aromatic rings. The number of nitrogens with two attached hydrogens (primary N) is 3. The van der Waals surface area contributed by atoms with Gasteiger partial charge in [-0.25, -0.2) is 5.01 Å². The predicted octanol–water partition coefficient (Wildman–Crippen LogP) is 7.48. The molecule has 7 N–H and O–H groups in total. The largest absolute Gasteiger partial charge is 0.369 e. The zero-order valence-electron chi connectivity index (χ0n) is 31.6. The molecule has 0 aromatic carbocycles. The molecule has 0 aromatic heterocycles. The van der Waals surface area contributed by atoms with Crippen molar-refractivity contribution in [2.24, 2.45) is 22.3 Å². The molecule has 0 unspecified atom stereocenters. The number of rotatable bonds is 34. The van der Waals surface area contributed by atoms with Crippen molar-refractivity contribution in [1.82, 2.24) is 15.2 Å². The fraction of sp³-hybridized carbons (Fsp3) is 0.895. The summed E-state index contributed by atoms with van der Waals surface area (Å²) in [6, 6.07) is -0.823. The van der Waals surface area contributed by atoms with Crippen molar-refractivity contribution in [3.8, 4) is 0 Å². The molecular weight excluding hydrogens is 602 g/mol. The topological polar surface area (TPSA) is 160 Å². The van der Waals surface area contributed by atoms with E-state index in [1.165, 1.54) is 119 Å². The summed E-state index contributed by atoms with van der Waals surface area (Å²) in [5.41, 5.74) is 17.1. The lowest BCUT2D eigenvalue weighted by molar-refractivity contribution is -0.145. The maximum absolute atomic E-state index is 13.4. The molecular formula is C38H77N7O3. The molecule has 0 aliphatic rings. The molecule has 0 aliphatic heterocycles. The van der Waals surface area contributed by atoms with Gasteiger partial charge in [-0.2, -0.15) is 0 Å². The van der Waals surface area contributed by atoms with Gasteiger partial charge in [-0.05, 0) is 32.1 Å². The summed E-state index contributed by atoms with van der Waals surface area (Å²) in [6.45, 7) is 5.71. The van der Waals surface area contributed by atoms with Gasteiger partial charge in [0.2, 0.25) is 23.7 Å². The fourth-order valence-corrected chi connectivity index (χ4v) is 6.12. The molecule has 48 heavy (non-hydrogen) atoms. The Kier molecular flexibility index (Phi) is 31.5. The first-order chi connectivity index (χ1) is 23.3. The molecule has 0 spiro atoms. The van der Waals surface area contributed by atoms with Crippen molar-refractivity contribution in [2.45, 2.75) is 193 Å². The summed E-state index contributed by atoms with van der Waals surface area (Å²) in [4.78, 5) is 40.7. The second-order valence-corrected chi connectivity index (χ2v) is 13.7. The van der Waals surface area contributed by atoms with E-state index in [1.807, 2.05) is 0 Å². The number of hydrazone groups is 1.